The lowest BCUT2D eigenvalue weighted by molar-refractivity contribution is 0.486. The van der Waals surface area contributed by atoms with E-state index in [0.29, 0.717) is 5.92 Å². The van der Waals surface area contributed by atoms with Crippen LogP contribution in [0, 0.1) is 5.92 Å². The Morgan fingerprint density at radius 2 is 2.00 bits per heavy atom. The van der Waals surface area contributed by atoms with Gasteiger partial charge >= 0.3 is 0 Å². The molecule has 0 aliphatic heterocycles. The average Bonchev–Trinajstić information content (AvgIpc) is 2.57. The number of rotatable bonds is 7. The predicted molar refractivity (Wildman–Crippen MR) is 76.1 cm³/mol. The Hall–Kier alpha value is -1.08. The van der Waals surface area contributed by atoms with Gasteiger partial charge in [-0.1, -0.05) is 26.7 Å². The van der Waals surface area contributed by atoms with Crippen molar-refractivity contribution in [3.63, 3.8) is 0 Å². The first-order chi connectivity index (χ1) is 8.74. The fourth-order valence-corrected chi connectivity index (χ4v) is 3.49. The molecular weight excluding hydrogens is 264 g/mol. The summed E-state index contributed by atoms with van der Waals surface area (Å²) >= 11 is 0. The van der Waals surface area contributed by atoms with E-state index in [1.54, 1.807) is 7.05 Å². The summed E-state index contributed by atoms with van der Waals surface area (Å²) < 4.78 is 28.4. The van der Waals surface area contributed by atoms with Crippen molar-refractivity contribution in [1.29, 1.82) is 0 Å². The standard InChI is InChI=1S/C12H24N4O2S/c1-9(2)6-5-7-10(3)15-19(17,18)12-11(13)14-8-16(12)4/h8-10,15H,5-7,13H2,1-4H3. The molecule has 110 valence electrons. The first-order valence-corrected chi connectivity index (χ1v) is 8.01. The summed E-state index contributed by atoms with van der Waals surface area (Å²) in [6, 6.07) is -0.113. The second-order valence-electron chi connectivity index (χ2n) is 5.39. The Bertz CT molecular complexity index is 488. The number of aryl methyl sites for hydroxylation is 1. The first-order valence-electron chi connectivity index (χ1n) is 6.53. The molecule has 1 atom stereocenters. The number of imidazole rings is 1. The summed E-state index contributed by atoms with van der Waals surface area (Å²) in [6.07, 6.45) is 4.31. The van der Waals surface area contributed by atoms with Gasteiger partial charge in [-0.15, -0.1) is 0 Å². The Kier molecular flexibility index (Phi) is 5.37. The van der Waals surface area contributed by atoms with E-state index in [1.807, 2.05) is 6.92 Å². The van der Waals surface area contributed by atoms with Crippen LogP contribution in [0.3, 0.4) is 0 Å². The maximum atomic E-state index is 12.2. The number of nitrogens with one attached hydrogen (secondary N) is 1. The summed E-state index contributed by atoms with van der Waals surface area (Å²) in [7, 11) is -1.99. The van der Waals surface area contributed by atoms with Crippen LogP contribution in [0.1, 0.15) is 40.0 Å². The summed E-state index contributed by atoms with van der Waals surface area (Å²) in [6.45, 7) is 6.18. The molecular formula is C12H24N4O2S. The predicted octanol–water partition coefficient (Wildman–Crippen LogP) is 1.50. The summed E-state index contributed by atoms with van der Waals surface area (Å²) in [5.41, 5.74) is 5.59. The Morgan fingerprint density at radius 1 is 1.37 bits per heavy atom. The van der Waals surface area contributed by atoms with Crippen LogP contribution in [0.25, 0.3) is 0 Å². The Balaban J connectivity index is 2.65. The molecule has 3 N–H and O–H groups in total. The smallest absolute Gasteiger partial charge is 0.260 e. The van der Waals surface area contributed by atoms with Gasteiger partial charge < -0.3 is 10.3 Å². The molecule has 0 saturated heterocycles. The number of hydrogen-bond acceptors (Lipinski definition) is 4. The van der Waals surface area contributed by atoms with Crippen LogP contribution < -0.4 is 10.5 Å². The molecule has 0 aliphatic rings. The third-order valence-corrected chi connectivity index (χ3v) is 4.66. The van der Waals surface area contributed by atoms with E-state index in [4.69, 9.17) is 5.73 Å². The Morgan fingerprint density at radius 3 is 2.47 bits per heavy atom. The van der Waals surface area contributed by atoms with Gasteiger partial charge in [0.05, 0.1) is 6.33 Å². The zero-order chi connectivity index (χ0) is 14.6. The van der Waals surface area contributed by atoms with Crippen molar-refractivity contribution in [2.24, 2.45) is 13.0 Å². The highest BCUT2D eigenvalue weighted by atomic mass is 32.2. The molecule has 7 heteroatoms. The summed E-state index contributed by atoms with van der Waals surface area (Å²) in [5.74, 6) is 0.668. The highest BCUT2D eigenvalue weighted by Crippen LogP contribution is 2.16. The zero-order valence-corrected chi connectivity index (χ0v) is 12.9. The highest BCUT2D eigenvalue weighted by molar-refractivity contribution is 7.89. The third-order valence-electron chi connectivity index (χ3n) is 2.94. The molecule has 6 nitrogen and oxygen atoms in total. The van der Waals surface area contributed by atoms with Crippen molar-refractivity contribution in [3.8, 4) is 0 Å². The van der Waals surface area contributed by atoms with Crippen LogP contribution in [-0.4, -0.2) is 24.0 Å². The average molecular weight is 288 g/mol. The second-order valence-corrected chi connectivity index (χ2v) is 7.02. The number of nitrogen functional groups attached to an aromatic ring is 1. The maximum absolute atomic E-state index is 12.2. The quantitative estimate of drug-likeness (QED) is 0.795. The van der Waals surface area contributed by atoms with Crippen LogP contribution in [0.15, 0.2) is 11.4 Å². The van der Waals surface area contributed by atoms with Gasteiger partial charge in [-0.25, -0.2) is 18.1 Å². The fraction of sp³-hybridized carbons (Fsp3) is 0.750. The molecule has 0 amide bonds. The summed E-state index contributed by atoms with van der Waals surface area (Å²) in [5, 5.41) is 0.0307. The largest absolute Gasteiger partial charge is 0.381 e. The van der Waals surface area contributed by atoms with E-state index in [9.17, 15) is 8.42 Å². The van der Waals surface area contributed by atoms with Gasteiger partial charge in [0, 0.05) is 13.1 Å². The second kappa shape index (κ2) is 6.38. The SMILES string of the molecule is CC(C)CCCC(C)NS(=O)(=O)c1c(N)ncn1C. The van der Waals surface area contributed by atoms with E-state index in [2.05, 4.69) is 23.6 Å². The monoisotopic (exact) mass is 288 g/mol. The van der Waals surface area contributed by atoms with Gasteiger partial charge in [-0.05, 0) is 19.3 Å². The molecule has 1 rings (SSSR count). The number of anilines is 1. The van der Waals surface area contributed by atoms with Crippen LogP contribution in [0.2, 0.25) is 0 Å². The molecule has 1 heterocycles. The van der Waals surface area contributed by atoms with Crippen LogP contribution in [-0.2, 0) is 17.1 Å². The van der Waals surface area contributed by atoms with Gasteiger partial charge in [0.25, 0.3) is 10.0 Å². The van der Waals surface area contributed by atoms with Gasteiger partial charge in [-0.2, -0.15) is 0 Å². The lowest BCUT2D eigenvalue weighted by Crippen LogP contribution is -2.34. The molecule has 0 saturated carbocycles. The fourth-order valence-electron chi connectivity index (χ4n) is 1.98. The number of hydrogen-bond donors (Lipinski definition) is 2. The first kappa shape index (κ1) is 16.0. The highest BCUT2D eigenvalue weighted by Gasteiger charge is 2.24. The van der Waals surface area contributed by atoms with Gasteiger partial charge in [0.2, 0.25) is 0 Å². The summed E-state index contributed by atoms with van der Waals surface area (Å²) in [4.78, 5) is 3.80. The van der Waals surface area contributed by atoms with Crippen LogP contribution in [0.5, 0.6) is 0 Å². The number of aromatic nitrogens is 2. The maximum Gasteiger partial charge on any atom is 0.260 e. The lowest BCUT2D eigenvalue weighted by Gasteiger charge is -2.15. The lowest BCUT2D eigenvalue weighted by atomic mass is 10.0. The van der Waals surface area contributed by atoms with Gasteiger partial charge in [0.1, 0.15) is 0 Å². The van der Waals surface area contributed by atoms with E-state index in [1.165, 1.54) is 10.9 Å². The van der Waals surface area contributed by atoms with Gasteiger partial charge in [0.15, 0.2) is 10.8 Å². The van der Waals surface area contributed by atoms with Crippen LogP contribution >= 0.6 is 0 Å². The molecule has 0 fully saturated rings. The number of nitrogens with two attached hydrogens (primary N) is 1. The number of nitrogens with zero attached hydrogens (tertiary/aromatic N) is 2. The van der Waals surface area contributed by atoms with E-state index in [-0.39, 0.29) is 16.9 Å². The topological polar surface area (TPSA) is 90.0 Å². The molecule has 0 aromatic carbocycles. The Labute approximate surface area is 115 Å². The van der Waals surface area contributed by atoms with E-state index < -0.39 is 10.0 Å². The van der Waals surface area contributed by atoms with Crippen molar-refractivity contribution >= 4 is 15.8 Å². The molecule has 1 aromatic rings. The van der Waals surface area contributed by atoms with Crippen molar-refractivity contribution in [2.75, 3.05) is 5.73 Å². The molecule has 0 aliphatic carbocycles. The minimum atomic E-state index is -3.60. The molecule has 1 aromatic heterocycles. The zero-order valence-electron chi connectivity index (χ0n) is 12.0. The normalized spacial score (nSPS) is 13.9. The van der Waals surface area contributed by atoms with Crippen molar-refractivity contribution in [1.82, 2.24) is 14.3 Å². The van der Waals surface area contributed by atoms with Crippen LogP contribution in [0.4, 0.5) is 5.82 Å². The molecule has 0 radical (unpaired) electrons. The van der Waals surface area contributed by atoms with Crippen molar-refractivity contribution < 1.29 is 8.42 Å². The minimum Gasteiger partial charge on any atom is -0.381 e. The van der Waals surface area contributed by atoms with E-state index in [0.717, 1.165) is 19.3 Å². The molecule has 0 bridgehead atoms. The molecule has 19 heavy (non-hydrogen) atoms. The van der Waals surface area contributed by atoms with Crippen molar-refractivity contribution in [2.45, 2.75) is 51.1 Å². The van der Waals surface area contributed by atoms with Gasteiger partial charge in [-0.3, -0.25) is 0 Å². The molecule has 1 unspecified atom stereocenters. The van der Waals surface area contributed by atoms with Crippen molar-refractivity contribution in [3.05, 3.63) is 6.33 Å². The molecule has 0 spiro atoms. The minimum absolute atomic E-state index is 0.0307. The third kappa shape index (κ3) is 4.50. The number of sulfonamides is 1. The van der Waals surface area contributed by atoms with E-state index >= 15 is 0 Å².